The van der Waals surface area contributed by atoms with Gasteiger partial charge in [0.25, 0.3) is 5.91 Å². The minimum Gasteiger partial charge on any atom is -0.423 e. The first-order chi connectivity index (χ1) is 14.5. The third kappa shape index (κ3) is 3.91. The molecule has 0 aliphatic heterocycles. The standard InChI is InChI=1S/C25H19NO4/c1-16-12-13-21-19(14-16)20(15-22(27)30-21)25(29)26-23(17-8-4-2-5-9-17)24(28)18-10-6-3-7-11-18/h2-15,23H,1H3,(H,26,29). The van der Waals surface area contributed by atoms with E-state index in [9.17, 15) is 14.4 Å². The number of hydrogen-bond acceptors (Lipinski definition) is 4. The molecule has 1 amide bonds. The van der Waals surface area contributed by atoms with Gasteiger partial charge >= 0.3 is 5.63 Å². The molecule has 1 heterocycles. The molecule has 1 unspecified atom stereocenters. The third-order valence-electron chi connectivity index (χ3n) is 4.87. The topological polar surface area (TPSA) is 76.4 Å². The highest BCUT2D eigenvalue weighted by atomic mass is 16.4. The van der Waals surface area contributed by atoms with Crippen LogP contribution in [0, 0.1) is 6.92 Å². The molecule has 5 nitrogen and oxygen atoms in total. The Bertz CT molecular complexity index is 1280. The molecule has 0 bridgehead atoms. The van der Waals surface area contributed by atoms with Gasteiger partial charge in [-0.15, -0.1) is 0 Å². The summed E-state index contributed by atoms with van der Waals surface area (Å²) in [6, 6.07) is 23.3. The maximum atomic E-state index is 13.2. The Morgan fingerprint density at radius 1 is 0.867 bits per heavy atom. The Kier molecular flexibility index (Phi) is 5.26. The van der Waals surface area contributed by atoms with Crippen molar-refractivity contribution in [2.75, 3.05) is 0 Å². The van der Waals surface area contributed by atoms with Gasteiger partial charge in [0, 0.05) is 17.0 Å². The average molecular weight is 397 g/mol. The van der Waals surface area contributed by atoms with E-state index >= 15 is 0 Å². The monoisotopic (exact) mass is 397 g/mol. The van der Waals surface area contributed by atoms with Gasteiger partial charge in [-0.2, -0.15) is 0 Å². The van der Waals surface area contributed by atoms with Crippen LogP contribution >= 0.6 is 0 Å². The van der Waals surface area contributed by atoms with E-state index < -0.39 is 17.6 Å². The Labute approximate surface area is 173 Å². The Morgan fingerprint density at radius 2 is 1.53 bits per heavy atom. The highest BCUT2D eigenvalue weighted by Crippen LogP contribution is 2.22. The lowest BCUT2D eigenvalue weighted by atomic mass is 9.96. The van der Waals surface area contributed by atoms with Gasteiger partial charge in [0.05, 0.1) is 5.56 Å². The van der Waals surface area contributed by atoms with E-state index in [-0.39, 0.29) is 11.3 Å². The molecule has 0 saturated carbocycles. The summed E-state index contributed by atoms with van der Waals surface area (Å²) in [6.45, 7) is 1.89. The third-order valence-corrected chi connectivity index (χ3v) is 4.87. The average Bonchev–Trinajstić information content (AvgIpc) is 2.78. The molecule has 0 spiro atoms. The molecule has 1 aromatic heterocycles. The zero-order chi connectivity index (χ0) is 21.1. The van der Waals surface area contributed by atoms with Crippen LogP contribution in [0.5, 0.6) is 0 Å². The Hall–Kier alpha value is -3.99. The van der Waals surface area contributed by atoms with Crippen LogP contribution in [0.4, 0.5) is 0 Å². The molecule has 1 N–H and O–H groups in total. The Balaban J connectivity index is 1.76. The van der Waals surface area contributed by atoms with E-state index in [1.807, 2.05) is 31.2 Å². The molecule has 0 saturated heterocycles. The number of ketones is 1. The van der Waals surface area contributed by atoms with Crippen LogP contribution in [0.25, 0.3) is 11.0 Å². The molecular weight excluding hydrogens is 378 g/mol. The van der Waals surface area contributed by atoms with Gasteiger partial charge in [-0.05, 0) is 24.6 Å². The van der Waals surface area contributed by atoms with Crippen molar-refractivity contribution in [3.63, 3.8) is 0 Å². The van der Waals surface area contributed by atoms with E-state index in [1.165, 1.54) is 0 Å². The minimum atomic E-state index is -0.895. The molecule has 4 rings (SSSR count). The normalized spacial score (nSPS) is 11.8. The number of rotatable bonds is 5. The predicted octanol–water partition coefficient (Wildman–Crippen LogP) is 4.46. The second kappa shape index (κ2) is 8.17. The first-order valence-electron chi connectivity index (χ1n) is 9.52. The summed E-state index contributed by atoms with van der Waals surface area (Å²) in [6.07, 6.45) is 0. The van der Waals surface area contributed by atoms with Crippen LogP contribution < -0.4 is 10.9 Å². The van der Waals surface area contributed by atoms with Gasteiger partial charge in [-0.3, -0.25) is 9.59 Å². The number of hydrogen-bond donors (Lipinski definition) is 1. The van der Waals surface area contributed by atoms with Crippen LogP contribution in [0.1, 0.15) is 37.9 Å². The van der Waals surface area contributed by atoms with Crippen LogP contribution in [-0.4, -0.2) is 11.7 Å². The molecule has 0 fully saturated rings. The second-order valence-electron chi connectivity index (χ2n) is 7.03. The fourth-order valence-corrected chi connectivity index (χ4v) is 3.39. The van der Waals surface area contributed by atoms with Crippen molar-refractivity contribution < 1.29 is 14.0 Å². The smallest absolute Gasteiger partial charge is 0.337 e. The molecule has 0 radical (unpaired) electrons. The van der Waals surface area contributed by atoms with Gasteiger partial charge in [-0.1, -0.05) is 72.3 Å². The minimum absolute atomic E-state index is 0.173. The van der Waals surface area contributed by atoms with Crippen LogP contribution in [-0.2, 0) is 0 Å². The summed E-state index contributed by atoms with van der Waals surface area (Å²) in [5.41, 5.74) is 1.94. The lowest BCUT2D eigenvalue weighted by Gasteiger charge is -2.19. The largest absolute Gasteiger partial charge is 0.423 e. The number of aryl methyl sites for hydroxylation is 1. The van der Waals surface area contributed by atoms with Crippen LogP contribution in [0.2, 0.25) is 0 Å². The first-order valence-corrected chi connectivity index (χ1v) is 9.52. The van der Waals surface area contributed by atoms with Gasteiger partial charge in [0.15, 0.2) is 5.78 Å². The summed E-state index contributed by atoms with van der Waals surface area (Å²) in [4.78, 5) is 38.4. The first kappa shape index (κ1) is 19.3. The Morgan fingerprint density at radius 3 is 2.23 bits per heavy atom. The molecule has 3 aromatic carbocycles. The highest BCUT2D eigenvalue weighted by molar-refractivity contribution is 6.09. The predicted molar refractivity (Wildman–Crippen MR) is 115 cm³/mol. The van der Waals surface area contributed by atoms with Gasteiger partial charge < -0.3 is 9.73 Å². The molecule has 4 aromatic rings. The SMILES string of the molecule is Cc1ccc2oc(=O)cc(C(=O)NC(C(=O)c3ccccc3)c3ccccc3)c2c1. The van der Waals surface area contributed by atoms with Crippen molar-refractivity contribution in [1.82, 2.24) is 5.32 Å². The van der Waals surface area contributed by atoms with Crippen LogP contribution in [0.15, 0.2) is 94.1 Å². The number of nitrogens with one attached hydrogen (secondary N) is 1. The molecule has 5 heteroatoms. The zero-order valence-electron chi connectivity index (χ0n) is 16.3. The van der Waals surface area contributed by atoms with E-state index in [2.05, 4.69) is 5.32 Å². The number of benzene rings is 3. The molecule has 148 valence electrons. The van der Waals surface area contributed by atoms with Crippen molar-refractivity contribution in [1.29, 1.82) is 0 Å². The quantitative estimate of drug-likeness (QED) is 0.399. The molecule has 0 aliphatic rings. The van der Waals surface area contributed by atoms with Crippen molar-refractivity contribution in [3.8, 4) is 0 Å². The fraction of sp³-hybridized carbons (Fsp3) is 0.0800. The van der Waals surface area contributed by atoms with E-state index in [0.29, 0.717) is 22.1 Å². The molecule has 30 heavy (non-hydrogen) atoms. The highest BCUT2D eigenvalue weighted by Gasteiger charge is 2.25. The summed E-state index contributed by atoms with van der Waals surface area (Å²) in [7, 11) is 0. The van der Waals surface area contributed by atoms with Gasteiger partial charge in [-0.25, -0.2) is 4.79 Å². The van der Waals surface area contributed by atoms with Gasteiger partial charge in [0.1, 0.15) is 11.6 Å². The number of carbonyl (C=O) groups is 2. The van der Waals surface area contributed by atoms with Crippen molar-refractivity contribution in [2.45, 2.75) is 13.0 Å². The number of amides is 1. The van der Waals surface area contributed by atoms with E-state index in [1.54, 1.807) is 54.6 Å². The number of carbonyl (C=O) groups excluding carboxylic acids is 2. The number of fused-ring (bicyclic) bond motifs is 1. The molecular formula is C25H19NO4. The van der Waals surface area contributed by atoms with Crippen molar-refractivity contribution in [2.24, 2.45) is 0 Å². The summed E-state index contributed by atoms with van der Waals surface area (Å²) >= 11 is 0. The van der Waals surface area contributed by atoms with E-state index in [0.717, 1.165) is 11.6 Å². The summed E-state index contributed by atoms with van der Waals surface area (Å²) in [5, 5.41) is 3.34. The number of Topliss-reactive ketones (excluding diaryl/α,β-unsaturated/α-hetero) is 1. The lowest BCUT2D eigenvalue weighted by molar-refractivity contribution is 0.0857. The summed E-state index contributed by atoms with van der Waals surface area (Å²) < 4.78 is 5.21. The van der Waals surface area contributed by atoms with Crippen molar-refractivity contribution >= 4 is 22.7 Å². The molecule has 1 atom stereocenters. The lowest BCUT2D eigenvalue weighted by Crippen LogP contribution is -2.34. The summed E-state index contributed by atoms with van der Waals surface area (Å²) in [5.74, 6) is -0.754. The maximum absolute atomic E-state index is 13.2. The van der Waals surface area contributed by atoms with Gasteiger partial charge in [0.2, 0.25) is 0 Å². The maximum Gasteiger partial charge on any atom is 0.337 e. The van der Waals surface area contributed by atoms with Crippen LogP contribution in [0.3, 0.4) is 0 Å². The van der Waals surface area contributed by atoms with E-state index in [4.69, 9.17) is 4.42 Å². The molecule has 0 aliphatic carbocycles. The van der Waals surface area contributed by atoms with Crippen molar-refractivity contribution in [3.05, 3.63) is 118 Å². The fourth-order valence-electron chi connectivity index (χ4n) is 3.39. The second-order valence-corrected chi connectivity index (χ2v) is 7.03. The zero-order valence-corrected chi connectivity index (χ0v) is 16.3.